The zero-order valence-corrected chi connectivity index (χ0v) is 14.7. The molecule has 2 aliphatic rings. The highest BCUT2D eigenvalue weighted by molar-refractivity contribution is 4.94. The van der Waals surface area contributed by atoms with Crippen molar-refractivity contribution in [3.05, 3.63) is 0 Å². The molecule has 5 nitrogen and oxygen atoms in total. The van der Waals surface area contributed by atoms with Gasteiger partial charge in [0.1, 0.15) is 0 Å². The Hall–Kier alpha value is -0.200. The van der Waals surface area contributed by atoms with E-state index in [0.29, 0.717) is 18.6 Å². The molecule has 0 amide bonds. The van der Waals surface area contributed by atoms with Gasteiger partial charge in [0.25, 0.3) is 0 Å². The van der Waals surface area contributed by atoms with Crippen LogP contribution in [0.3, 0.4) is 0 Å². The first-order valence-electron chi connectivity index (χ1n) is 9.43. The first-order valence-corrected chi connectivity index (χ1v) is 9.43. The van der Waals surface area contributed by atoms with E-state index >= 15 is 0 Å². The summed E-state index contributed by atoms with van der Waals surface area (Å²) in [4.78, 5) is 0. The minimum atomic E-state index is -0.766. The summed E-state index contributed by atoms with van der Waals surface area (Å²) in [6.45, 7) is 4.49. The monoisotopic (exact) mass is 330 g/mol. The van der Waals surface area contributed by atoms with Crippen LogP contribution in [-0.4, -0.2) is 53.6 Å². The van der Waals surface area contributed by atoms with E-state index in [4.69, 9.17) is 19.3 Å². The molecular weight excluding hydrogens is 296 g/mol. The molecule has 0 saturated carbocycles. The molecule has 23 heavy (non-hydrogen) atoms. The predicted molar refractivity (Wildman–Crippen MR) is 88.2 cm³/mol. The van der Waals surface area contributed by atoms with Crippen LogP contribution < -0.4 is 0 Å². The van der Waals surface area contributed by atoms with Crippen molar-refractivity contribution in [1.82, 2.24) is 0 Å². The smallest absolute Gasteiger partial charge is 0.157 e. The molecular formula is C18H34O5. The summed E-state index contributed by atoms with van der Waals surface area (Å²) in [6, 6.07) is 0. The average Bonchev–Trinajstić information content (AvgIpc) is 3.44. The average molecular weight is 330 g/mol. The summed E-state index contributed by atoms with van der Waals surface area (Å²) in [5.41, 5.74) is 0. The van der Waals surface area contributed by atoms with Gasteiger partial charge < -0.3 is 24.4 Å². The van der Waals surface area contributed by atoms with Crippen LogP contribution in [0.5, 0.6) is 0 Å². The molecule has 0 aromatic carbocycles. The quantitative estimate of drug-likeness (QED) is 0.291. The highest BCUT2D eigenvalue weighted by Gasteiger charge is 2.48. The van der Waals surface area contributed by atoms with Gasteiger partial charge in [0, 0.05) is 19.4 Å². The summed E-state index contributed by atoms with van der Waals surface area (Å²) in [5, 5.41) is 19.1. The number of ether oxygens (including phenoxy) is 3. The van der Waals surface area contributed by atoms with Crippen LogP contribution in [0.25, 0.3) is 0 Å². The maximum atomic E-state index is 10.2. The summed E-state index contributed by atoms with van der Waals surface area (Å²) in [6.07, 6.45) is 8.90. The van der Waals surface area contributed by atoms with E-state index < -0.39 is 6.29 Å². The molecule has 0 aromatic rings. The van der Waals surface area contributed by atoms with Crippen LogP contribution in [0.4, 0.5) is 0 Å². The third-order valence-electron chi connectivity index (χ3n) is 4.84. The van der Waals surface area contributed by atoms with E-state index in [1.807, 2.05) is 0 Å². The molecule has 0 spiro atoms. The standard InChI is InChI=1S/C18H34O5/c1-3-5-6-8-13(9-7-10-19)21-18(20)12-17-16(23-17)11-15-14(4-2)22-15/h13-20H,3-12H2,1-2H3. The second-order valence-corrected chi connectivity index (χ2v) is 6.88. The Morgan fingerprint density at radius 1 is 0.957 bits per heavy atom. The van der Waals surface area contributed by atoms with Crippen LogP contribution in [-0.2, 0) is 14.2 Å². The lowest BCUT2D eigenvalue weighted by Gasteiger charge is -2.21. The van der Waals surface area contributed by atoms with Crippen molar-refractivity contribution in [2.75, 3.05) is 6.61 Å². The zero-order chi connectivity index (χ0) is 16.7. The van der Waals surface area contributed by atoms with Gasteiger partial charge in [-0.3, -0.25) is 0 Å². The van der Waals surface area contributed by atoms with E-state index in [1.165, 1.54) is 12.8 Å². The van der Waals surface area contributed by atoms with E-state index in [2.05, 4.69) is 13.8 Å². The molecule has 6 unspecified atom stereocenters. The number of epoxide rings is 2. The Bertz CT molecular complexity index is 325. The van der Waals surface area contributed by atoms with Crippen LogP contribution >= 0.6 is 0 Å². The summed E-state index contributed by atoms with van der Waals surface area (Å²) in [7, 11) is 0. The van der Waals surface area contributed by atoms with E-state index in [1.54, 1.807) is 0 Å². The normalized spacial score (nSPS) is 31.8. The lowest BCUT2D eigenvalue weighted by Crippen LogP contribution is -2.24. The van der Waals surface area contributed by atoms with Gasteiger partial charge in [-0.15, -0.1) is 0 Å². The molecule has 136 valence electrons. The highest BCUT2D eigenvalue weighted by Crippen LogP contribution is 2.38. The highest BCUT2D eigenvalue weighted by atomic mass is 16.6. The SMILES string of the molecule is CCCCCC(CCCO)OC(O)CC1OC1CC1OC1CC. The molecule has 0 aromatic heterocycles. The summed E-state index contributed by atoms with van der Waals surface area (Å²) >= 11 is 0. The molecule has 5 heteroatoms. The molecule has 0 bridgehead atoms. The van der Waals surface area contributed by atoms with Gasteiger partial charge in [-0.2, -0.15) is 0 Å². The van der Waals surface area contributed by atoms with Crippen molar-refractivity contribution in [2.24, 2.45) is 0 Å². The number of hydrogen-bond acceptors (Lipinski definition) is 5. The number of unbranched alkanes of at least 4 members (excludes halogenated alkanes) is 2. The van der Waals surface area contributed by atoms with Crippen LogP contribution in [0, 0.1) is 0 Å². The largest absolute Gasteiger partial charge is 0.396 e. The molecule has 2 aliphatic heterocycles. The Labute approximate surface area is 140 Å². The molecule has 2 N–H and O–H groups in total. The number of aliphatic hydroxyl groups excluding tert-OH is 2. The van der Waals surface area contributed by atoms with Gasteiger partial charge in [0.15, 0.2) is 6.29 Å². The fraction of sp³-hybridized carbons (Fsp3) is 1.00. The van der Waals surface area contributed by atoms with E-state index in [-0.39, 0.29) is 24.9 Å². The summed E-state index contributed by atoms with van der Waals surface area (Å²) < 4.78 is 17.0. The number of aliphatic hydroxyl groups is 2. The van der Waals surface area contributed by atoms with Gasteiger partial charge >= 0.3 is 0 Å². The van der Waals surface area contributed by atoms with Crippen LogP contribution in [0.2, 0.25) is 0 Å². The lowest BCUT2D eigenvalue weighted by atomic mass is 10.1. The number of hydrogen-bond donors (Lipinski definition) is 2. The third-order valence-corrected chi connectivity index (χ3v) is 4.84. The third kappa shape index (κ3) is 7.06. The van der Waals surface area contributed by atoms with Crippen molar-refractivity contribution in [3.8, 4) is 0 Å². The Balaban J connectivity index is 1.60. The zero-order valence-electron chi connectivity index (χ0n) is 14.7. The minimum absolute atomic E-state index is 0.0390. The van der Waals surface area contributed by atoms with Gasteiger partial charge in [-0.05, 0) is 25.7 Å². The van der Waals surface area contributed by atoms with E-state index in [9.17, 15) is 5.11 Å². The first kappa shape index (κ1) is 19.1. The molecule has 2 fully saturated rings. The Morgan fingerprint density at radius 2 is 1.65 bits per heavy atom. The van der Waals surface area contributed by atoms with Gasteiger partial charge in [0.2, 0.25) is 0 Å². The second-order valence-electron chi connectivity index (χ2n) is 6.88. The number of rotatable bonds is 14. The lowest BCUT2D eigenvalue weighted by molar-refractivity contribution is -0.145. The maximum Gasteiger partial charge on any atom is 0.157 e. The molecule has 6 atom stereocenters. The van der Waals surface area contributed by atoms with Crippen LogP contribution in [0.1, 0.15) is 71.6 Å². The maximum absolute atomic E-state index is 10.2. The van der Waals surface area contributed by atoms with E-state index in [0.717, 1.165) is 38.5 Å². The molecule has 2 saturated heterocycles. The topological polar surface area (TPSA) is 74.8 Å². The van der Waals surface area contributed by atoms with Crippen molar-refractivity contribution >= 4 is 0 Å². The Kier molecular flexibility index (Phi) is 8.27. The first-order chi connectivity index (χ1) is 11.2. The fourth-order valence-corrected chi connectivity index (χ4v) is 3.27. The predicted octanol–water partition coefficient (Wildman–Crippen LogP) is 2.77. The minimum Gasteiger partial charge on any atom is -0.396 e. The van der Waals surface area contributed by atoms with Crippen molar-refractivity contribution in [2.45, 2.75) is 108 Å². The van der Waals surface area contributed by atoms with Gasteiger partial charge in [-0.25, -0.2) is 0 Å². The molecule has 2 heterocycles. The fourth-order valence-electron chi connectivity index (χ4n) is 3.27. The van der Waals surface area contributed by atoms with Crippen LogP contribution in [0.15, 0.2) is 0 Å². The molecule has 0 radical (unpaired) electrons. The Morgan fingerprint density at radius 3 is 2.30 bits per heavy atom. The van der Waals surface area contributed by atoms with Crippen molar-refractivity contribution < 1.29 is 24.4 Å². The summed E-state index contributed by atoms with van der Waals surface area (Å²) in [5.74, 6) is 0. The molecule has 0 aliphatic carbocycles. The van der Waals surface area contributed by atoms with Gasteiger partial charge in [-0.1, -0.05) is 33.1 Å². The van der Waals surface area contributed by atoms with Gasteiger partial charge in [0.05, 0.1) is 30.5 Å². The molecule has 2 rings (SSSR count). The van der Waals surface area contributed by atoms with Crippen molar-refractivity contribution in [1.29, 1.82) is 0 Å². The second kappa shape index (κ2) is 9.94. The van der Waals surface area contributed by atoms with Crippen molar-refractivity contribution in [3.63, 3.8) is 0 Å².